The summed E-state index contributed by atoms with van der Waals surface area (Å²) in [4.78, 5) is 0. The van der Waals surface area contributed by atoms with Crippen LogP contribution >= 0.6 is 12.4 Å². The molecule has 0 spiro atoms. The van der Waals surface area contributed by atoms with Crippen molar-refractivity contribution in [2.45, 2.75) is 6.54 Å². The van der Waals surface area contributed by atoms with Crippen molar-refractivity contribution < 1.29 is 16.9 Å². The molecule has 5 rings (SSSR count). The Bertz CT molecular complexity index is 1150. The molecule has 1 N–H and O–H groups in total. The zero-order valence-electron chi connectivity index (χ0n) is 14.4. The second-order valence-electron chi connectivity index (χ2n) is 6.94. The van der Waals surface area contributed by atoms with Crippen LogP contribution in [0.2, 0.25) is 0 Å². The zero-order valence-corrected chi connectivity index (χ0v) is 16.0. The number of hydrogen-bond acceptors (Lipinski definition) is 1. The van der Waals surface area contributed by atoms with Crippen molar-refractivity contribution in [3.05, 3.63) is 81.0 Å². The van der Waals surface area contributed by atoms with E-state index in [9.17, 15) is 0 Å². The van der Waals surface area contributed by atoms with E-state index >= 15 is 0 Å². The minimum Gasteiger partial charge on any atom is -1.00 e. The fraction of sp³-hybridized carbons (Fsp3) is 0.0909. The molecule has 26 heavy (non-hydrogen) atoms. The Morgan fingerprint density at radius 2 is 1.23 bits per heavy atom. The third-order valence-electron chi connectivity index (χ3n) is 5.00. The second kappa shape index (κ2) is 6.81. The quantitative estimate of drug-likeness (QED) is 0.531. The van der Waals surface area contributed by atoms with Crippen molar-refractivity contribution in [1.29, 1.82) is 0 Å². The first-order chi connectivity index (χ1) is 11.7. The predicted octanol–water partition coefficient (Wildman–Crippen LogP) is -1.52. The van der Waals surface area contributed by atoms with Crippen LogP contribution in [0.4, 0.5) is 0 Å². The summed E-state index contributed by atoms with van der Waals surface area (Å²) in [6.07, 6.45) is 8.93. The number of nitrogens with one attached hydrogen (secondary N) is 1. The second-order valence-corrected chi connectivity index (χ2v) is 6.94. The van der Waals surface area contributed by atoms with Gasteiger partial charge in [0.25, 0.3) is 0 Å². The molecule has 4 heteroatoms. The average molecular weight is 383 g/mol. The van der Waals surface area contributed by atoms with Crippen LogP contribution in [-0.2, 0) is 6.54 Å². The molecule has 0 bridgehead atoms. The van der Waals surface area contributed by atoms with Crippen LogP contribution in [0.1, 0.15) is 5.56 Å². The van der Waals surface area contributed by atoms with Gasteiger partial charge in [0, 0.05) is 39.2 Å². The van der Waals surface area contributed by atoms with Gasteiger partial charge in [0.05, 0.1) is 7.05 Å². The molecule has 0 saturated carbocycles. The molecule has 0 aliphatic carbocycles. The topological polar surface area (TPSA) is 12.0 Å². The largest absolute Gasteiger partial charge is 1.00 e. The molecule has 2 aliphatic heterocycles. The molecule has 0 saturated heterocycles. The molecule has 2 aliphatic rings. The maximum atomic E-state index is 3.25. The molecular formula is C22H20Cl2N2. The number of rotatable bonds is 2. The summed E-state index contributed by atoms with van der Waals surface area (Å²) >= 11 is 0. The first-order valence-corrected chi connectivity index (χ1v) is 8.35. The van der Waals surface area contributed by atoms with Gasteiger partial charge in [-0.15, -0.1) is 12.4 Å². The predicted molar refractivity (Wildman–Crippen MR) is 107 cm³/mol. The van der Waals surface area contributed by atoms with E-state index < -0.39 is 0 Å². The molecule has 0 aromatic heterocycles. The van der Waals surface area contributed by atoms with Crippen LogP contribution in [0.3, 0.4) is 0 Å². The van der Waals surface area contributed by atoms with E-state index in [0.717, 1.165) is 11.0 Å². The van der Waals surface area contributed by atoms with Crippen LogP contribution in [0, 0.1) is 0 Å². The molecular weight excluding hydrogens is 363 g/mol. The molecule has 0 atom stereocenters. The molecule has 3 aromatic carbocycles. The number of benzene rings is 3. The average Bonchev–Trinajstić information content (AvgIpc) is 2.60. The summed E-state index contributed by atoms with van der Waals surface area (Å²) in [6, 6.07) is 19.7. The summed E-state index contributed by atoms with van der Waals surface area (Å²) in [5.41, 5.74) is 1.35. The monoisotopic (exact) mass is 382 g/mol. The number of quaternary nitrogens is 1. The van der Waals surface area contributed by atoms with Crippen molar-refractivity contribution in [3.63, 3.8) is 0 Å². The van der Waals surface area contributed by atoms with E-state index in [1.165, 1.54) is 37.2 Å². The van der Waals surface area contributed by atoms with E-state index in [0.29, 0.717) is 0 Å². The standard InChI is InChI=1S/C22H19N2.2ClH/c1-24(13-16-5-3-2-4-6-16)14-19-9-7-17-11-23-12-18-8-10-20(15-24)22(19)21(17)18;;/h2-12,14-15,23H,13H2,1H3;2*1H/q+1;;/p-1. The molecule has 132 valence electrons. The van der Waals surface area contributed by atoms with E-state index in [1.807, 2.05) is 0 Å². The lowest BCUT2D eigenvalue weighted by atomic mass is 9.99. The van der Waals surface area contributed by atoms with Crippen LogP contribution in [0.5, 0.6) is 0 Å². The fourth-order valence-electron chi connectivity index (χ4n) is 4.02. The highest BCUT2D eigenvalue weighted by Crippen LogP contribution is 2.16. The van der Waals surface area contributed by atoms with Gasteiger partial charge in [0.2, 0.25) is 0 Å². The summed E-state index contributed by atoms with van der Waals surface area (Å²) in [5.74, 6) is 0. The molecule has 3 aromatic rings. The minimum absolute atomic E-state index is 0. The summed E-state index contributed by atoms with van der Waals surface area (Å²) in [6.45, 7) is 0.963. The Morgan fingerprint density at radius 3 is 1.81 bits per heavy atom. The zero-order chi connectivity index (χ0) is 16.1. The highest BCUT2D eigenvalue weighted by molar-refractivity contribution is 5.88. The fourth-order valence-corrected chi connectivity index (χ4v) is 4.02. The first-order valence-electron chi connectivity index (χ1n) is 8.35. The Balaban J connectivity index is 0.000000980. The lowest BCUT2D eigenvalue weighted by molar-refractivity contribution is -0.763. The molecule has 0 unspecified atom stereocenters. The van der Waals surface area contributed by atoms with Gasteiger partial charge in [-0.1, -0.05) is 42.5 Å². The minimum atomic E-state index is 0. The highest BCUT2D eigenvalue weighted by atomic mass is 35.5. The molecule has 2 nitrogen and oxygen atoms in total. The number of halogens is 2. The lowest BCUT2D eigenvalue weighted by Crippen LogP contribution is -3.00. The van der Waals surface area contributed by atoms with Crippen molar-refractivity contribution in [2.24, 2.45) is 0 Å². The van der Waals surface area contributed by atoms with Crippen LogP contribution in [-0.4, -0.2) is 11.5 Å². The SMILES string of the molecule is C[N+]1(Cc2ccccc2)C=c2ccc3c4c(ccc(c24)=C1)=CNC=3.Cl.[Cl-]. The third kappa shape index (κ3) is 2.90. The van der Waals surface area contributed by atoms with Crippen LogP contribution in [0.15, 0.2) is 54.6 Å². The normalized spacial score (nSPS) is 15.0. The highest BCUT2D eigenvalue weighted by Gasteiger charge is 2.21. The molecule has 2 heterocycles. The van der Waals surface area contributed by atoms with Crippen molar-refractivity contribution in [2.75, 3.05) is 7.05 Å². The van der Waals surface area contributed by atoms with E-state index in [1.54, 1.807) is 0 Å². The summed E-state index contributed by atoms with van der Waals surface area (Å²) in [5, 5.41) is 11.2. The van der Waals surface area contributed by atoms with E-state index in [4.69, 9.17) is 0 Å². The van der Waals surface area contributed by atoms with E-state index in [-0.39, 0.29) is 24.8 Å². The van der Waals surface area contributed by atoms with Gasteiger partial charge in [-0.3, -0.25) is 4.48 Å². The summed E-state index contributed by atoms with van der Waals surface area (Å²) in [7, 11) is 2.27. The molecule has 0 radical (unpaired) electrons. The Labute approximate surface area is 164 Å². The number of hydrogen-bond donors (Lipinski definition) is 1. The maximum absolute atomic E-state index is 3.25. The maximum Gasteiger partial charge on any atom is 0.113 e. The van der Waals surface area contributed by atoms with E-state index in [2.05, 4.69) is 91.8 Å². The Morgan fingerprint density at radius 1 is 0.731 bits per heavy atom. The number of nitrogens with zero attached hydrogens (tertiary/aromatic N) is 1. The van der Waals surface area contributed by atoms with Crippen molar-refractivity contribution in [3.8, 4) is 0 Å². The Kier molecular flexibility index (Phi) is 4.85. The van der Waals surface area contributed by atoms with Gasteiger partial charge in [-0.25, -0.2) is 0 Å². The van der Waals surface area contributed by atoms with Gasteiger partial charge < -0.3 is 17.7 Å². The van der Waals surface area contributed by atoms with Gasteiger partial charge >= 0.3 is 0 Å². The van der Waals surface area contributed by atoms with Crippen LogP contribution < -0.4 is 38.6 Å². The summed E-state index contributed by atoms with van der Waals surface area (Å²) < 4.78 is 0.788. The van der Waals surface area contributed by atoms with Gasteiger partial charge in [-0.2, -0.15) is 0 Å². The molecule has 0 amide bonds. The lowest BCUT2D eigenvalue weighted by Gasteiger charge is -2.28. The smallest absolute Gasteiger partial charge is 0.113 e. The van der Waals surface area contributed by atoms with Gasteiger partial charge in [0.1, 0.15) is 18.9 Å². The Hall–Kier alpha value is -2.26. The molecule has 0 fully saturated rings. The third-order valence-corrected chi connectivity index (χ3v) is 5.00. The van der Waals surface area contributed by atoms with Crippen LogP contribution in [0.25, 0.3) is 35.6 Å². The first kappa shape index (κ1) is 18.5. The van der Waals surface area contributed by atoms with Gasteiger partial charge in [-0.05, 0) is 22.6 Å². The van der Waals surface area contributed by atoms with Crippen molar-refractivity contribution in [1.82, 2.24) is 5.32 Å². The van der Waals surface area contributed by atoms with Gasteiger partial charge in [0.15, 0.2) is 0 Å². The van der Waals surface area contributed by atoms with Crippen molar-refractivity contribution >= 4 is 48.0 Å².